The molecule has 1 aromatic carbocycles. The number of benzene rings is 1. The van der Waals surface area contributed by atoms with E-state index in [2.05, 4.69) is 0 Å². The van der Waals surface area contributed by atoms with Crippen LogP contribution < -0.4 is 0 Å². The molecule has 5 heteroatoms. The molecule has 1 atom stereocenters. The predicted molar refractivity (Wildman–Crippen MR) is 79.9 cm³/mol. The quantitative estimate of drug-likeness (QED) is 0.906. The van der Waals surface area contributed by atoms with Crippen molar-refractivity contribution >= 4 is 10.0 Å². The first-order valence-electron chi connectivity index (χ1n) is 7.21. The lowest BCUT2D eigenvalue weighted by molar-refractivity contribution is 0.199. The first-order valence-corrected chi connectivity index (χ1v) is 8.82. The van der Waals surface area contributed by atoms with E-state index in [1.807, 2.05) is 25.1 Å². The molecule has 0 fully saturated rings. The first kappa shape index (κ1) is 15.5. The summed E-state index contributed by atoms with van der Waals surface area (Å²) < 4.78 is 26.1. The Morgan fingerprint density at radius 2 is 2.10 bits per heavy atom. The minimum Gasteiger partial charge on any atom is -0.389 e. The molecule has 0 saturated heterocycles. The molecular weight excluding hydrogens is 274 g/mol. The molecule has 0 bridgehead atoms. The Morgan fingerprint density at radius 1 is 1.35 bits per heavy atom. The van der Waals surface area contributed by atoms with Gasteiger partial charge in [0.1, 0.15) is 0 Å². The maximum absolute atomic E-state index is 12.2. The molecule has 1 unspecified atom stereocenters. The van der Waals surface area contributed by atoms with Crippen molar-refractivity contribution in [3.05, 3.63) is 34.9 Å². The van der Waals surface area contributed by atoms with Gasteiger partial charge in [-0.05, 0) is 36.5 Å². The van der Waals surface area contributed by atoms with Crippen LogP contribution >= 0.6 is 0 Å². The lowest BCUT2D eigenvalue weighted by Crippen LogP contribution is -2.37. The van der Waals surface area contributed by atoms with E-state index in [1.54, 1.807) is 11.2 Å². The van der Waals surface area contributed by atoms with E-state index in [1.165, 1.54) is 5.56 Å². The number of aliphatic hydroxyl groups excluding tert-OH is 1. The van der Waals surface area contributed by atoms with Crippen LogP contribution in [0.3, 0.4) is 0 Å². The Balaban J connectivity index is 2.19. The van der Waals surface area contributed by atoms with Gasteiger partial charge in [0.05, 0.1) is 11.9 Å². The summed E-state index contributed by atoms with van der Waals surface area (Å²) in [6, 6.07) is 5.86. The Kier molecular flexibility index (Phi) is 4.83. The fourth-order valence-electron chi connectivity index (χ4n) is 2.50. The maximum Gasteiger partial charge on any atom is 0.214 e. The van der Waals surface area contributed by atoms with Gasteiger partial charge in [-0.25, -0.2) is 8.42 Å². The number of sulfonamides is 1. The summed E-state index contributed by atoms with van der Waals surface area (Å²) in [5, 5.41) is 9.64. The Labute approximate surface area is 121 Å². The highest BCUT2D eigenvalue weighted by Crippen LogP contribution is 2.25. The minimum absolute atomic E-state index is 0.231. The van der Waals surface area contributed by atoms with Crippen LogP contribution in [0.2, 0.25) is 0 Å². The van der Waals surface area contributed by atoms with E-state index >= 15 is 0 Å². The number of aliphatic hydroxyl groups is 1. The van der Waals surface area contributed by atoms with Gasteiger partial charge in [-0.2, -0.15) is 4.31 Å². The van der Waals surface area contributed by atoms with Crippen LogP contribution in [0, 0.1) is 0 Å². The van der Waals surface area contributed by atoms with Crippen LogP contribution in [-0.4, -0.2) is 30.1 Å². The van der Waals surface area contributed by atoms with Crippen LogP contribution in [0.25, 0.3) is 0 Å². The maximum atomic E-state index is 12.2. The molecule has 4 nitrogen and oxygen atoms in total. The topological polar surface area (TPSA) is 57.6 Å². The second-order valence-electron chi connectivity index (χ2n) is 5.46. The molecular formula is C15H23NO3S. The fourth-order valence-corrected chi connectivity index (χ4v) is 4.12. The smallest absolute Gasteiger partial charge is 0.214 e. The summed E-state index contributed by atoms with van der Waals surface area (Å²) in [6.07, 6.45) is 1.82. The average molecular weight is 297 g/mol. The lowest BCUT2D eigenvalue weighted by atomic mass is 9.97. The van der Waals surface area contributed by atoms with Gasteiger partial charge in [0, 0.05) is 13.1 Å². The van der Waals surface area contributed by atoms with Crippen molar-refractivity contribution in [2.24, 2.45) is 0 Å². The van der Waals surface area contributed by atoms with E-state index in [0.717, 1.165) is 24.0 Å². The van der Waals surface area contributed by atoms with Gasteiger partial charge in [-0.15, -0.1) is 0 Å². The molecule has 1 aromatic rings. The molecule has 0 spiro atoms. The van der Waals surface area contributed by atoms with Crippen LogP contribution in [0.1, 0.15) is 49.5 Å². The van der Waals surface area contributed by atoms with Crippen molar-refractivity contribution < 1.29 is 13.5 Å². The van der Waals surface area contributed by atoms with E-state index in [0.29, 0.717) is 19.5 Å². The summed E-state index contributed by atoms with van der Waals surface area (Å²) in [5.74, 6) is 0.231. The summed E-state index contributed by atoms with van der Waals surface area (Å²) in [6.45, 7) is 4.71. The third-order valence-corrected chi connectivity index (χ3v) is 5.74. The van der Waals surface area contributed by atoms with Crippen molar-refractivity contribution in [1.82, 2.24) is 4.31 Å². The molecule has 0 radical (unpaired) electrons. The number of rotatable bonds is 5. The predicted octanol–water partition coefficient (Wildman–Crippen LogP) is 2.23. The molecule has 20 heavy (non-hydrogen) atoms. The van der Waals surface area contributed by atoms with Gasteiger partial charge in [0.25, 0.3) is 0 Å². The zero-order chi connectivity index (χ0) is 14.8. The molecule has 0 aromatic heterocycles. The summed E-state index contributed by atoms with van der Waals surface area (Å²) in [4.78, 5) is 0. The highest BCUT2D eigenvalue weighted by atomic mass is 32.2. The van der Waals surface area contributed by atoms with Gasteiger partial charge in [0.2, 0.25) is 10.0 Å². The molecule has 0 aliphatic carbocycles. The van der Waals surface area contributed by atoms with Gasteiger partial charge in [0.15, 0.2) is 0 Å². The van der Waals surface area contributed by atoms with Gasteiger partial charge in [-0.3, -0.25) is 0 Å². The standard InChI is InChI=1S/C15H23NO3S/c1-3-4-9-20(18,19)16-8-7-13-5-6-14(12(2)17)10-15(13)11-16/h5-6,10,12,17H,3-4,7-9,11H2,1-2H3. The van der Waals surface area contributed by atoms with E-state index in [-0.39, 0.29) is 5.75 Å². The monoisotopic (exact) mass is 297 g/mol. The van der Waals surface area contributed by atoms with Crippen LogP contribution in [-0.2, 0) is 23.0 Å². The zero-order valence-electron chi connectivity index (χ0n) is 12.2. The second kappa shape index (κ2) is 6.24. The van der Waals surface area contributed by atoms with Crippen molar-refractivity contribution in [2.75, 3.05) is 12.3 Å². The van der Waals surface area contributed by atoms with Crippen molar-refractivity contribution in [2.45, 2.75) is 45.8 Å². The number of unbranched alkanes of at least 4 members (excludes halogenated alkanes) is 1. The number of fused-ring (bicyclic) bond motifs is 1. The normalized spacial score (nSPS) is 17.8. The molecule has 1 aliphatic heterocycles. The molecule has 1 heterocycles. The number of hydrogen-bond acceptors (Lipinski definition) is 3. The van der Waals surface area contributed by atoms with Crippen molar-refractivity contribution in [1.29, 1.82) is 0 Å². The molecule has 0 saturated carbocycles. The Hall–Kier alpha value is -0.910. The van der Waals surface area contributed by atoms with E-state index < -0.39 is 16.1 Å². The van der Waals surface area contributed by atoms with Gasteiger partial charge >= 0.3 is 0 Å². The fraction of sp³-hybridized carbons (Fsp3) is 0.600. The number of hydrogen-bond donors (Lipinski definition) is 1. The molecule has 1 aliphatic rings. The third-order valence-electron chi connectivity index (χ3n) is 3.84. The van der Waals surface area contributed by atoms with Crippen LogP contribution in [0.5, 0.6) is 0 Å². The van der Waals surface area contributed by atoms with Crippen molar-refractivity contribution in [3.8, 4) is 0 Å². The van der Waals surface area contributed by atoms with Crippen LogP contribution in [0.15, 0.2) is 18.2 Å². The SMILES string of the molecule is CCCCS(=O)(=O)N1CCc2ccc(C(C)O)cc2C1. The molecule has 2 rings (SSSR count). The lowest BCUT2D eigenvalue weighted by Gasteiger charge is -2.28. The molecule has 0 amide bonds. The summed E-state index contributed by atoms with van der Waals surface area (Å²) in [5.41, 5.74) is 3.06. The first-order chi connectivity index (χ1) is 9.44. The van der Waals surface area contributed by atoms with Crippen molar-refractivity contribution in [3.63, 3.8) is 0 Å². The zero-order valence-corrected chi connectivity index (χ0v) is 13.0. The number of nitrogens with zero attached hydrogens (tertiary/aromatic N) is 1. The minimum atomic E-state index is -3.15. The third kappa shape index (κ3) is 3.40. The van der Waals surface area contributed by atoms with Gasteiger partial charge < -0.3 is 5.11 Å². The average Bonchev–Trinajstić information content (AvgIpc) is 2.43. The highest BCUT2D eigenvalue weighted by molar-refractivity contribution is 7.89. The molecule has 1 N–H and O–H groups in total. The Morgan fingerprint density at radius 3 is 2.75 bits per heavy atom. The summed E-state index contributed by atoms with van der Waals surface area (Å²) in [7, 11) is -3.15. The van der Waals surface area contributed by atoms with E-state index in [9.17, 15) is 13.5 Å². The largest absolute Gasteiger partial charge is 0.389 e. The van der Waals surface area contributed by atoms with Gasteiger partial charge in [-0.1, -0.05) is 31.5 Å². The molecule has 112 valence electrons. The second-order valence-corrected chi connectivity index (χ2v) is 7.55. The highest BCUT2D eigenvalue weighted by Gasteiger charge is 2.26. The van der Waals surface area contributed by atoms with Crippen LogP contribution in [0.4, 0.5) is 0 Å². The van der Waals surface area contributed by atoms with E-state index in [4.69, 9.17) is 0 Å². The summed E-state index contributed by atoms with van der Waals surface area (Å²) >= 11 is 0. The Bertz CT molecular complexity index is 566.